The number of benzene rings is 1. The van der Waals surface area contributed by atoms with E-state index in [0.717, 1.165) is 12.1 Å². The monoisotopic (exact) mass is 265 g/mol. The lowest BCUT2D eigenvalue weighted by Gasteiger charge is -2.08. The number of nitrogens with zero attached hydrogens (tertiary/aromatic N) is 1. The third-order valence-electron chi connectivity index (χ3n) is 2.34. The standard InChI is InChI=1S/C13H16ClN3O/c1-2-6-17-13(18)5-7-16-12-4-3-10(9-15)8-11(12)14/h3-4,8,16H,2,5-7H2,1H3,(H,17,18). The normalized spacial score (nSPS) is 9.61. The lowest BCUT2D eigenvalue weighted by molar-refractivity contribution is -0.120. The van der Waals surface area contributed by atoms with E-state index in [4.69, 9.17) is 16.9 Å². The van der Waals surface area contributed by atoms with Crippen LogP contribution < -0.4 is 10.6 Å². The zero-order valence-electron chi connectivity index (χ0n) is 10.3. The Labute approximate surface area is 112 Å². The molecule has 0 bridgehead atoms. The minimum Gasteiger partial charge on any atom is -0.383 e. The van der Waals surface area contributed by atoms with Crippen LogP contribution in [0.15, 0.2) is 18.2 Å². The third kappa shape index (κ3) is 4.64. The van der Waals surface area contributed by atoms with Gasteiger partial charge in [0.25, 0.3) is 0 Å². The van der Waals surface area contributed by atoms with E-state index in [2.05, 4.69) is 10.6 Å². The molecule has 0 heterocycles. The van der Waals surface area contributed by atoms with Gasteiger partial charge in [-0.25, -0.2) is 0 Å². The molecule has 0 fully saturated rings. The van der Waals surface area contributed by atoms with Crippen molar-refractivity contribution in [1.29, 1.82) is 5.26 Å². The lowest BCUT2D eigenvalue weighted by Crippen LogP contribution is -2.25. The first kappa shape index (κ1) is 14.3. The molecule has 0 aliphatic rings. The molecule has 0 aliphatic carbocycles. The number of nitrogens with one attached hydrogen (secondary N) is 2. The van der Waals surface area contributed by atoms with Gasteiger partial charge >= 0.3 is 0 Å². The maximum absolute atomic E-state index is 11.4. The summed E-state index contributed by atoms with van der Waals surface area (Å²) in [6.07, 6.45) is 1.33. The highest BCUT2D eigenvalue weighted by Gasteiger charge is 2.03. The Morgan fingerprint density at radius 2 is 2.22 bits per heavy atom. The van der Waals surface area contributed by atoms with Crippen molar-refractivity contribution in [3.05, 3.63) is 28.8 Å². The fraction of sp³-hybridized carbons (Fsp3) is 0.385. The topological polar surface area (TPSA) is 64.9 Å². The molecule has 96 valence electrons. The van der Waals surface area contributed by atoms with Crippen molar-refractivity contribution in [2.75, 3.05) is 18.4 Å². The SMILES string of the molecule is CCCNC(=O)CCNc1ccc(C#N)cc1Cl. The molecule has 1 rings (SSSR count). The molecule has 1 aromatic rings. The average molecular weight is 266 g/mol. The number of rotatable bonds is 6. The fourth-order valence-corrected chi connectivity index (χ4v) is 1.64. The Morgan fingerprint density at radius 3 is 2.83 bits per heavy atom. The fourth-order valence-electron chi connectivity index (χ4n) is 1.39. The Balaban J connectivity index is 2.40. The summed E-state index contributed by atoms with van der Waals surface area (Å²) >= 11 is 5.99. The number of carbonyl (C=O) groups excluding carboxylic acids is 1. The molecule has 5 heteroatoms. The first-order valence-electron chi connectivity index (χ1n) is 5.87. The summed E-state index contributed by atoms with van der Waals surface area (Å²) in [4.78, 5) is 11.4. The highest BCUT2D eigenvalue weighted by atomic mass is 35.5. The van der Waals surface area contributed by atoms with E-state index in [1.807, 2.05) is 13.0 Å². The van der Waals surface area contributed by atoms with Crippen LogP contribution >= 0.6 is 11.6 Å². The number of hydrogen-bond donors (Lipinski definition) is 2. The van der Waals surface area contributed by atoms with Gasteiger partial charge in [-0.2, -0.15) is 5.26 Å². The smallest absolute Gasteiger partial charge is 0.221 e. The van der Waals surface area contributed by atoms with Gasteiger partial charge in [-0.15, -0.1) is 0 Å². The molecule has 0 saturated heterocycles. The molecule has 1 aromatic carbocycles. The van der Waals surface area contributed by atoms with Crippen LogP contribution in [0.2, 0.25) is 5.02 Å². The van der Waals surface area contributed by atoms with Gasteiger partial charge in [0, 0.05) is 19.5 Å². The van der Waals surface area contributed by atoms with Gasteiger partial charge in [0.2, 0.25) is 5.91 Å². The van der Waals surface area contributed by atoms with Gasteiger partial charge in [0.05, 0.1) is 22.3 Å². The van der Waals surface area contributed by atoms with Crippen LogP contribution in [0, 0.1) is 11.3 Å². The average Bonchev–Trinajstić information content (AvgIpc) is 2.38. The molecule has 1 amide bonds. The van der Waals surface area contributed by atoms with Crippen molar-refractivity contribution in [3.63, 3.8) is 0 Å². The van der Waals surface area contributed by atoms with Gasteiger partial charge in [-0.1, -0.05) is 18.5 Å². The third-order valence-corrected chi connectivity index (χ3v) is 2.65. The summed E-state index contributed by atoms with van der Waals surface area (Å²) in [7, 11) is 0. The summed E-state index contributed by atoms with van der Waals surface area (Å²) in [5.74, 6) is 0.0223. The van der Waals surface area contributed by atoms with Crippen LogP contribution in [-0.4, -0.2) is 19.0 Å². The minimum absolute atomic E-state index is 0.0223. The summed E-state index contributed by atoms with van der Waals surface area (Å²) in [5, 5.41) is 15.1. The van der Waals surface area contributed by atoms with Crippen molar-refractivity contribution in [2.45, 2.75) is 19.8 Å². The van der Waals surface area contributed by atoms with Crippen molar-refractivity contribution in [1.82, 2.24) is 5.32 Å². The maximum atomic E-state index is 11.4. The number of carbonyl (C=O) groups is 1. The van der Waals surface area contributed by atoms with Crippen molar-refractivity contribution >= 4 is 23.2 Å². The van der Waals surface area contributed by atoms with E-state index >= 15 is 0 Å². The quantitative estimate of drug-likeness (QED) is 0.831. The van der Waals surface area contributed by atoms with Crippen molar-refractivity contribution in [3.8, 4) is 6.07 Å². The van der Waals surface area contributed by atoms with E-state index in [0.29, 0.717) is 30.1 Å². The van der Waals surface area contributed by atoms with Crippen LogP contribution in [-0.2, 0) is 4.79 Å². The van der Waals surface area contributed by atoms with Crippen LogP contribution in [0.1, 0.15) is 25.3 Å². The maximum Gasteiger partial charge on any atom is 0.221 e. The summed E-state index contributed by atoms with van der Waals surface area (Å²) in [5.41, 5.74) is 1.25. The zero-order valence-corrected chi connectivity index (χ0v) is 11.0. The van der Waals surface area contributed by atoms with Crippen LogP contribution in [0.4, 0.5) is 5.69 Å². The second-order valence-electron chi connectivity index (χ2n) is 3.83. The number of anilines is 1. The molecule has 0 spiro atoms. The summed E-state index contributed by atoms with van der Waals surface area (Å²) in [6, 6.07) is 7.04. The molecular weight excluding hydrogens is 250 g/mol. The van der Waals surface area contributed by atoms with E-state index in [1.165, 1.54) is 0 Å². The molecule has 0 radical (unpaired) electrons. The van der Waals surface area contributed by atoms with Gasteiger partial charge in [0.1, 0.15) is 0 Å². The van der Waals surface area contributed by atoms with Gasteiger partial charge in [-0.3, -0.25) is 4.79 Å². The Bertz CT molecular complexity index is 454. The van der Waals surface area contributed by atoms with E-state index < -0.39 is 0 Å². The lowest BCUT2D eigenvalue weighted by atomic mass is 10.2. The minimum atomic E-state index is 0.0223. The largest absolute Gasteiger partial charge is 0.383 e. The van der Waals surface area contributed by atoms with Gasteiger partial charge in [0.15, 0.2) is 0 Å². The predicted octanol–water partition coefficient (Wildman–Crippen LogP) is 2.54. The number of halogens is 1. The summed E-state index contributed by atoms with van der Waals surface area (Å²) in [6.45, 7) is 3.23. The molecule has 0 atom stereocenters. The van der Waals surface area contributed by atoms with E-state index in [-0.39, 0.29) is 5.91 Å². The molecule has 0 aliphatic heterocycles. The van der Waals surface area contributed by atoms with Gasteiger partial charge < -0.3 is 10.6 Å². The first-order chi connectivity index (χ1) is 8.67. The Kier molecular flexibility index (Phi) is 6.03. The van der Waals surface area contributed by atoms with Crippen LogP contribution in [0.5, 0.6) is 0 Å². The predicted molar refractivity (Wildman–Crippen MR) is 72.6 cm³/mol. The molecule has 18 heavy (non-hydrogen) atoms. The van der Waals surface area contributed by atoms with E-state index in [1.54, 1.807) is 18.2 Å². The second kappa shape index (κ2) is 7.57. The molecule has 0 aromatic heterocycles. The molecule has 2 N–H and O–H groups in total. The first-order valence-corrected chi connectivity index (χ1v) is 6.25. The zero-order chi connectivity index (χ0) is 13.4. The van der Waals surface area contributed by atoms with Crippen LogP contribution in [0.3, 0.4) is 0 Å². The number of amides is 1. The summed E-state index contributed by atoms with van der Waals surface area (Å²) < 4.78 is 0. The highest BCUT2D eigenvalue weighted by molar-refractivity contribution is 6.33. The molecule has 0 saturated carbocycles. The Hall–Kier alpha value is -1.73. The molecular formula is C13H16ClN3O. The Morgan fingerprint density at radius 1 is 1.44 bits per heavy atom. The number of nitriles is 1. The van der Waals surface area contributed by atoms with Crippen LogP contribution in [0.25, 0.3) is 0 Å². The van der Waals surface area contributed by atoms with E-state index in [9.17, 15) is 4.79 Å². The molecule has 0 unspecified atom stereocenters. The molecule has 4 nitrogen and oxygen atoms in total. The second-order valence-corrected chi connectivity index (χ2v) is 4.24. The number of hydrogen-bond acceptors (Lipinski definition) is 3. The highest BCUT2D eigenvalue weighted by Crippen LogP contribution is 2.22. The van der Waals surface area contributed by atoms with Crippen molar-refractivity contribution < 1.29 is 4.79 Å². The van der Waals surface area contributed by atoms with Gasteiger partial charge in [-0.05, 0) is 24.6 Å². The van der Waals surface area contributed by atoms with Crippen molar-refractivity contribution in [2.24, 2.45) is 0 Å².